The summed E-state index contributed by atoms with van der Waals surface area (Å²) < 4.78 is 43.3. The van der Waals surface area contributed by atoms with E-state index in [0.29, 0.717) is 16.2 Å². The molecule has 2 aliphatic rings. The summed E-state index contributed by atoms with van der Waals surface area (Å²) in [6.07, 6.45) is -5.02. The van der Waals surface area contributed by atoms with Crippen LogP contribution in [0.4, 0.5) is 13.2 Å². The molecule has 118 valence electrons. The van der Waals surface area contributed by atoms with Crippen LogP contribution >= 0.6 is 0 Å². The van der Waals surface area contributed by atoms with Crippen LogP contribution in [-0.2, 0) is 9.59 Å². The summed E-state index contributed by atoms with van der Waals surface area (Å²) in [5.74, 6) is -3.54. The van der Waals surface area contributed by atoms with Crippen molar-refractivity contribution in [2.24, 2.45) is 5.41 Å². The molecule has 0 aliphatic carbocycles. The summed E-state index contributed by atoms with van der Waals surface area (Å²) in [7, 11) is 0. The first-order valence-electron chi connectivity index (χ1n) is 6.57. The van der Waals surface area contributed by atoms with Crippen LogP contribution in [0.15, 0.2) is 24.3 Å². The van der Waals surface area contributed by atoms with Crippen molar-refractivity contribution in [3.05, 3.63) is 29.8 Å². The Morgan fingerprint density at radius 2 is 2.00 bits per heavy atom. The maximum atomic E-state index is 12.6. The third-order valence-corrected chi connectivity index (χ3v) is 4.28. The molecule has 1 fully saturated rings. The molecule has 2 aliphatic heterocycles. The minimum absolute atomic E-state index is 0.258. The van der Waals surface area contributed by atoms with Crippen LogP contribution in [0, 0.1) is 5.41 Å². The Bertz CT molecular complexity index is 645. The number of hydrogen-bond acceptors (Lipinski definition) is 3. The highest BCUT2D eigenvalue weighted by Gasteiger charge is 2.59. The maximum Gasteiger partial charge on any atom is 0.471 e. The third kappa shape index (κ3) is 2.01. The smallest absolute Gasteiger partial charge is 0.471 e. The van der Waals surface area contributed by atoms with Gasteiger partial charge in [-0.15, -0.1) is 0 Å². The second-order valence-corrected chi connectivity index (χ2v) is 5.52. The lowest BCUT2D eigenvalue weighted by Crippen LogP contribution is -2.47. The number of para-hydroxylation sites is 1. The molecule has 2 heterocycles. The summed E-state index contributed by atoms with van der Waals surface area (Å²) in [6.45, 7) is -1.06. The zero-order valence-corrected chi connectivity index (χ0v) is 11.3. The van der Waals surface area contributed by atoms with Gasteiger partial charge in [-0.05, 0) is 6.07 Å². The van der Waals surface area contributed by atoms with E-state index in [0.717, 1.165) is 0 Å². The first-order chi connectivity index (χ1) is 10.3. The molecule has 22 heavy (non-hydrogen) atoms. The quantitative estimate of drug-likeness (QED) is 0.855. The van der Waals surface area contributed by atoms with Gasteiger partial charge < -0.3 is 14.7 Å². The molecular formula is C14H12F3NO4. The molecule has 0 radical (unpaired) electrons. The van der Waals surface area contributed by atoms with Gasteiger partial charge in [0, 0.05) is 24.6 Å². The van der Waals surface area contributed by atoms with Gasteiger partial charge in [-0.25, -0.2) is 0 Å². The van der Waals surface area contributed by atoms with E-state index in [1.54, 1.807) is 24.3 Å². The van der Waals surface area contributed by atoms with E-state index in [2.05, 4.69) is 0 Å². The summed E-state index contributed by atoms with van der Waals surface area (Å²) in [5.41, 5.74) is -1.02. The Labute approximate surface area is 123 Å². The van der Waals surface area contributed by atoms with Gasteiger partial charge in [0.05, 0.1) is 0 Å². The lowest BCUT2D eigenvalue weighted by molar-refractivity contribution is -0.185. The molecule has 8 heteroatoms. The van der Waals surface area contributed by atoms with E-state index in [9.17, 15) is 27.9 Å². The highest BCUT2D eigenvalue weighted by atomic mass is 19.4. The van der Waals surface area contributed by atoms with Gasteiger partial charge in [0.15, 0.2) is 0 Å². The fraction of sp³-hybridized carbons (Fsp3) is 0.429. The average molecular weight is 315 g/mol. The van der Waals surface area contributed by atoms with Crippen molar-refractivity contribution in [1.82, 2.24) is 4.90 Å². The van der Waals surface area contributed by atoms with Gasteiger partial charge in [-0.1, -0.05) is 18.2 Å². The molecule has 1 amide bonds. The first-order valence-corrected chi connectivity index (χ1v) is 6.57. The van der Waals surface area contributed by atoms with Crippen LogP contribution in [0.25, 0.3) is 0 Å². The summed E-state index contributed by atoms with van der Waals surface area (Å²) in [5, 5.41) is 9.53. The van der Waals surface area contributed by atoms with Crippen molar-refractivity contribution in [2.75, 3.05) is 19.7 Å². The van der Waals surface area contributed by atoms with Gasteiger partial charge in [-0.3, -0.25) is 9.59 Å². The SMILES string of the molecule is O=C(N1C[C@H]2c3ccccc3OC[C@@]2(C(=O)O)C1)C(F)(F)F. The number of benzene rings is 1. The molecule has 0 aromatic heterocycles. The van der Waals surface area contributed by atoms with Crippen LogP contribution in [0.1, 0.15) is 11.5 Å². The normalized spacial score (nSPS) is 26.9. The first kappa shape index (κ1) is 14.7. The number of rotatable bonds is 1. The number of alkyl halides is 3. The molecule has 1 aromatic carbocycles. The number of fused-ring (bicyclic) bond motifs is 3. The molecule has 0 bridgehead atoms. The minimum Gasteiger partial charge on any atom is -0.492 e. The van der Waals surface area contributed by atoms with Gasteiger partial charge in [0.2, 0.25) is 0 Å². The summed E-state index contributed by atoms with van der Waals surface area (Å²) in [6, 6.07) is 6.61. The number of carbonyl (C=O) groups excluding carboxylic acids is 1. The molecule has 1 saturated heterocycles. The van der Waals surface area contributed by atoms with Gasteiger partial charge in [-0.2, -0.15) is 13.2 Å². The van der Waals surface area contributed by atoms with Crippen LogP contribution < -0.4 is 4.74 Å². The number of nitrogens with zero attached hydrogens (tertiary/aromatic N) is 1. The van der Waals surface area contributed by atoms with Crippen molar-refractivity contribution in [3.63, 3.8) is 0 Å². The predicted octanol–water partition coefficient (Wildman–Crippen LogP) is 1.64. The predicted molar refractivity (Wildman–Crippen MR) is 67.4 cm³/mol. The molecule has 2 atom stereocenters. The summed E-state index contributed by atoms with van der Waals surface area (Å²) >= 11 is 0. The number of carbonyl (C=O) groups is 2. The fourth-order valence-corrected chi connectivity index (χ4v) is 3.17. The Morgan fingerprint density at radius 3 is 2.64 bits per heavy atom. The number of carboxylic acid groups (broad SMARTS) is 1. The molecule has 0 spiro atoms. The van der Waals surface area contributed by atoms with Crippen molar-refractivity contribution in [3.8, 4) is 5.75 Å². The molecular weight excluding hydrogens is 303 g/mol. The van der Waals surface area contributed by atoms with E-state index >= 15 is 0 Å². The number of amides is 1. The fourth-order valence-electron chi connectivity index (χ4n) is 3.17. The standard InChI is InChI=1S/C14H12F3NO4/c15-14(16,17)11(19)18-5-9-8-3-1-2-4-10(8)22-7-13(9,6-18)12(20)21/h1-4,9H,5-7H2,(H,20,21)/t9-,13-/m0/s1. The van der Waals surface area contributed by atoms with Gasteiger partial charge in [0.25, 0.3) is 0 Å². The second kappa shape index (κ2) is 4.62. The van der Waals surface area contributed by atoms with E-state index < -0.39 is 35.9 Å². The minimum atomic E-state index is -5.02. The summed E-state index contributed by atoms with van der Waals surface area (Å²) in [4.78, 5) is 23.7. The molecule has 0 unspecified atom stereocenters. The number of hydrogen-bond donors (Lipinski definition) is 1. The van der Waals surface area contributed by atoms with Gasteiger partial charge >= 0.3 is 18.1 Å². The second-order valence-electron chi connectivity index (χ2n) is 5.52. The Hall–Kier alpha value is -2.25. The molecule has 1 aromatic rings. The zero-order valence-electron chi connectivity index (χ0n) is 11.3. The van der Waals surface area contributed by atoms with Crippen LogP contribution in [0.2, 0.25) is 0 Å². The maximum absolute atomic E-state index is 12.6. The molecule has 5 nitrogen and oxygen atoms in total. The van der Waals surface area contributed by atoms with E-state index in [4.69, 9.17) is 4.74 Å². The van der Waals surface area contributed by atoms with Crippen molar-refractivity contribution >= 4 is 11.9 Å². The number of likely N-dealkylation sites (tertiary alicyclic amines) is 1. The Kier molecular flexibility index (Phi) is 3.08. The number of ether oxygens (including phenoxy) is 1. The van der Waals surface area contributed by atoms with Crippen LogP contribution in [0.3, 0.4) is 0 Å². The largest absolute Gasteiger partial charge is 0.492 e. The van der Waals surface area contributed by atoms with Crippen molar-refractivity contribution in [2.45, 2.75) is 12.1 Å². The molecule has 1 N–H and O–H groups in total. The monoisotopic (exact) mass is 315 g/mol. The van der Waals surface area contributed by atoms with Crippen molar-refractivity contribution < 1.29 is 32.6 Å². The topological polar surface area (TPSA) is 66.8 Å². The van der Waals surface area contributed by atoms with E-state index in [-0.39, 0.29) is 13.2 Å². The lowest BCUT2D eigenvalue weighted by Gasteiger charge is -2.35. The number of halogens is 3. The van der Waals surface area contributed by atoms with E-state index in [1.165, 1.54) is 0 Å². The highest BCUT2D eigenvalue weighted by Crippen LogP contribution is 2.50. The Morgan fingerprint density at radius 1 is 1.32 bits per heavy atom. The Balaban J connectivity index is 2.02. The number of carboxylic acids is 1. The van der Waals surface area contributed by atoms with Gasteiger partial charge in [0.1, 0.15) is 17.8 Å². The molecule has 0 saturated carbocycles. The van der Waals surface area contributed by atoms with Crippen LogP contribution in [-0.4, -0.2) is 47.8 Å². The zero-order chi connectivity index (χ0) is 16.1. The average Bonchev–Trinajstić information content (AvgIpc) is 2.86. The molecule has 3 rings (SSSR count). The van der Waals surface area contributed by atoms with E-state index in [1.807, 2.05) is 0 Å². The van der Waals surface area contributed by atoms with Crippen molar-refractivity contribution in [1.29, 1.82) is 0 Å². The number of aliphatic carboxylic acids is 1. The van der Waals surface area contributed by atoms with Crippen LogP contribution in [0.5, 0.6) is 5.75 Å². The third-order valence-electron chi connectivity index (χ3n) is 4.28. The highest BCUT2D eigenvalue weighted by molar-refractivity contribution is 5.85. The lowest BCUT2D eigenvalue weighted by atomic mass is 9.73.